The fourth-order valence-electron chi connectivity index (χ4n) is 1.89. The van der Waals surface area contributed by atoms with Crippen LogP contribution in [0.4, 0.5) is 32.0 Å². The standard InChI is InChI=1S/C13H11ClF6N2O.H2O4S/c1-22(10-21-6-7-23-10)9-4-2-8(3-5-9)11(15,16)12(14,17)13(18,19)20;1-5(2,3)4/h2-5H,6-7H2,1H3;(H2,1,2,3,4). The lowest BCUT2D eigenvalue weighted by Gasteiger charge is -2.30. The summed E-state index contributed by atoms with van der Waals surface area (Å²) >= 11 is 4.45. The quantitative estimate of drug-likeness (QED) is 0.409. The predicted molar refractivity (Wildman–Crippen MR) is 86.9 cm³/mol. The van der Waals surface area contributed by atoms with E-state index in [4.69, 9.17) is 22.3 Å². The zero-order valence-corrected chi connectivity index (χ0v) is 15.4. The Hall–Kier alpha value is -1.77. The van der Waals surface area contributed by atoms with Crippen molar-refractivity contribution in [1.82, 2.24) is 0 Å². The molecule has 0 radical (unpaired) electrons. The lowest BCUT2D eigenvalue weighted by Crippen LogP contribution is -2.49. The van der Waals surface area contributed by atoms with Gasteiger partial charge in [0, 0.05) is 18.3 Å². The molecule has 1 aromatic rings. The van der Waals surface area contributed by atoms with Crippen molar-refractivity contribution in [3.05, 3.63) is 29.8 Å². The minimum absolute atomic E-state index is 0.247. The molecule has 2 rings (SSSR count). The monoisotopic (exact) mass is 458 g/mol. The molecule has 1 aliphatic rings. The van der Waals surface area contributed by atoms with E-state index in [1.54, 1.807) is 0 Å². The highest BCUT2D eigenvalue weighted by atomic mass is 35.5. The Labute approximate surface area is 160 Å². The molecule has 1 aromatic carbocycles. The molecule has 0 amide bonds. The van der Waals surface area contributed by atoms with Gasteiger partial charge in [-0.05, 0) is 12.1 Å². The third-order valence-corrected chi connectivity index (χ3v) is 3.68. The summed E-state index contributed by atoms with van der Waals surface area (Å²) < 4.78 is 115. The molecule has 1 unspecified atom stereocenters. The minimum Gasteiger partial charge on any atom is -0.463 e. The first kappa shape index (κ1) is 24.3. The molecule has 1 aliphatic heterocycles. The van der Waals surface area contributed by atoms with Crippen molar-refractivity contribution in [3.8, 4) is 0 Å². The van der Waals surface area contributed by atoms with E-state index in [-0.39, 0.29) is 6.02 Å². The minimum atomic E-state index is -5.93. The second kappa shape index (κ2) is 8.31. The van der Waals surface area contributed by atoms with Gasteiger partial charge in [-0.2, -0.15) is 30.4 Å². The number of hydrogen-bond acceptors (Lipinski definition) is 5. The average molecular weight is 459 g/mol. The Morgan fingerprint density at radius 3 is 1.93 bits per heavy atom. The molecule has 0 aliphatic carbocycles. The van der Waals surface area contributed by atoms with E-state index in [1.165, 1.54) is 11.9 Å². The summed E-state index contributed by atoms with van der Waals surface area (Å²) in [5, 5.41) is -5.20. The third kappa shape index (κ3) is 5.86. The van der Waals surface area contributed by atoms with Crippen LogP contribution in [0.3, 0.4) is 0 Å². The second-order valence-corrected chi connectivity index (χ2v) is 6.63. The normalized spacial score (nSPS) is 17.0. The number of rotatable bonds is 3. The Morgan fingerprint density at radius 1 is 1.11 bits per heavy atom. The molecule has 28 heavy (non-hydrogen) atoms. The van der Waals surface area contributed by atoms with Crippen molar-refractivity contribution < 1.29 is 48.6 Å². The van der Waals surface area contributed by atoms with Crippen LogP contribution in [0, 0.1) is 0 Å². The van der Waals surface area contributed by atoms with Crippen molar-refractivity contribution in [2.24, 2.45) is 4.99 Å². The molecule has 0 saturated carbocycles. The van der Waals surface area contributed by atoms with E-state index in [9.17, 15) is 26.3 Å². The van der Waals surface area contributed by atoms with Crippen molar-refractivity contribution in [2.75, 3.05) is 25.1 Å². The molecular formula is C13H13ClF6N2O5S. The zero-order valence-electron chi connectivity index (χ0n) is 13.8. The van der Waals surface area contributed by atoms with Gasteiger partial charge in [0.1, 0.15) is 6.61 Å². The summed E-state index contributed by atoms with van der Waals surface area (Å²) in [7, 11) is -3.13. The molecule has 15 heteroatoms. The summed E-state index contributed by atoms with van der Waals surface area (Å²) in [5.74, 6) is -4.95. The van der Waals surface area contributed by atoms with Crippen molar-refractivity contribution >= 4 is 33.7 Å². The number of anilines is 1. The maximum atomic E-state index is 13.8. The topological polar surface area (TPSA) is 99.4 Å². The number of hydrogen-bond donors (Lipinski definition) is 2. The molecule has 160 valence electrons. The largest absolute Gasteiger partial charge is 0.463 e. The summed E-state index contributed by atoms with van der Waals surface area (Å²) in [6, 6.07) is 3.78. The number of benzene rings is 1. The van der Waals surface area contributed by atoms with Crippen LogP contribution in [0.25, 0.3) is 0 Å². The van der Waals surface area contributed by atoms with Crippen LogP contribution < -0.4 is 4.90 Å². The number of amidine groups is 1. The van der Waals surface area contributed by atoms with E-state index < -0.39 is 33.2 Å². The van der Waals surface area contributed by atoms with Gasteiger partial charge in [-0.15, -0.1) is 0 Å². The van der Waals surface area contributed by atoms with Gasteiger partial charge in [0.25, 0.3) is 6.02 Å². The van der Waals surface area contributed by atoms with Crippen LogP contribution in [0.1, 0.15) is 5.56 Å². The lowest BCUT2D eigenvalue weighted by atomic mass is 10.0. The SMILES string of the molecule is CN(C1=NCCO1)c1ccc(C(F)(F)C(F)(Cl)C(F)(F)F)cc1.O=S(=O)(O)O. The summed E-state index contributed by atoms with van der Waals surface area (Å²) in [6.45, 7) is 0.816. The van der Waals surface area contributed by atoms with Crippen molar-refractivity contribution in [3.63, 3.8) is 0 Å². The molecule has 1 atom stereocenters. The average Bonchev–Trinajstić information content (AvgIpc) is 3.06. The van der Waals surface area contributed by atoms with Gasteiger partial charge in [-0.1, -0.05) is 23.7 Å². The molecule has 0 saturated heterocycles. The Morgan fingerprint density at radius 2 is 1.57 bits per heavy atom. The second-order valence-electron chi connectivity index (χ2n) is 5.21. The number of ether oxygens (including phenoxy) is 1. The highest BCUT2D eigenvalue weighted by Gasteiger charge is 2.71. The fraction of sp³-hybridized carbons (Fsp3) is 0.462. The van der Waals surface area contributed by atoms with Crippen LogP contribution in [-0.2, 0) is 21.1 Å². The smallest absolute Gasteiger partial charge is 0.443 e. The Bertz CT molecular complexity index is 806. The van der Waals surface area contributed by atoms with Gasteiger partial charge in [-0.25, -0.2) is 9.38 Å². The van der Waals surface area contributed by atoms with Crippen molar-refractivity contribution in [2.45, 2.75) is 17.2 Å². The first-order valence-corrected chi connectivity index (χ1v) is 8.79. The van der Waals surface area contributed by atoms with Gasteiger partial charge >= 0.3 is 27.6 Å². The molecule has 0 fully saturated rings. The molecular weight excluding hydrogens is 446 g/mol. The predicted octanol–water partition coefficient (Wildman–Crippen LogP) is 3.41. The maximum Gasteiger partial charge on any atom is 0.443 e. The van der Waals surface area contributed by atoms with E-state index in [2.05, 4.69) is 16.6 Å². The summed E-state index contributed by atoms with van der Waals surface area (Å²) in [6.07, 6.45) is -5.93. The fourth-order valence-corrected chi connectivity index (χ4v) is 2.00. The van der Waals surface area contributed by atoms with Crippen LogP contribution >= 0.6 is 11.6 Å². The number of nitrogens with zero attached hydrogens (tertiary/aromatic N) is 2. The van der Waals surface area contributed by atoms with Gasteiger partial charge in [0.15, 0.2) is 0 Å². The van der Waals surface area contributed by atoms with Gasteiger partial charge in [0.2, 0.25) is 0 Å². The first-order chi connectivity index (χ1) is 12.5. The molecule has 0 aromatic heterocycles. The van der Waals surface area contributed by atoms with Crippen LogP contribution in [-0.4, -0.2) is 55.0 Å². The Balaban J connectivity index is 0.000000696. The van der Waals surface area contributed by atoms with Gasteiger partial charge in [0.05, 0.1) is 6.54 Å². The number of halogens is 7. The lowest BCUT2D eigenvalue weighted by molar-refractivity contribution is -0.270. The van der Waals surface area contributed by atoms with Crippen LogP contribution in [0.5, 0.6) is 0 Å². The van der Waals surface area contributed by atoms with E-state index in [1.807, 2.05) is 0 Å². The van der Waals surface area contributed by atoms with Crippen LogP contribution in [0.15, 0.2) is 29.3 Å². The first-order valence-electron chi connectivity index (χ1n) is 7.02. The number of alkyl halides is 7. The maximum absolute atomic E-state index is 13.8. The summed E-state index contributed by atoms with van der Waals surface area (Å²) in [5.41, 5.74) is -0.866. The molecule has 0 spiro atoms. The van der Waals surface area contributed by atoms with E-state index in [0.717, 1.165) is 12.1 Å². The summed E-state index contributed by atoms with van der Waals surface area (Å²) in [4.78, 5) is 5.42. The highest BCUT2D eigenvalue weighted by molar-refractivity contribution is 7.79. The molecule has 2 N–H and O–H groups in total. The van der Waals surface area contributed by atoms with Crippen molar-refractivity contribution in [1.29, 1.82) is 0 Å². The third-order valence-electron chi connectivity index (χ3n) is 3.22. The Kier molecular flexibility index (Phi) is 7.20. The number of aliphatic imine (C=N–C) groups is 1. The van der Waals surface area contributed by atoms with Gasteiger partial charge < -0.3 is 4.74 Å². The molecule has 7 nitrogen and oxygen atoms in total. The molecule has 1 heterocycles. The zero-order chi connectivity index (χ0) is 22.0. The molecule has 0 bridgehead atoms. The van der Waals surface area contributed by atoms with E-state index >= 15 is 0 Å². The van der Waals surface area contributed by atoms with E-state index in [0.29, 0.717) is 31.0 Å². The van der Waals surface area contributed by atoms with Gasteiger partial charge in [-0.3, -0.25) is 14.0 Å². The highest BCUT2D eigenvalue weighted by Crippen LogP contribution is 2.53. The van der Waals surface area contributed by atoms with Crippen LogP contribution in [0.2, 0.25) is 0 Å².